The van der Waals surface area contributed by atoms with Crippen molar-refractivity contribution in [2.24, 2.45) is 5.92 Å². The van der Waals surface area contributed by atoms with Gasteiger partial charge in [0.1, 0.15) is 5.82 Å². The zero-order chi connectivity index (χ0) is 13.8. The Kier molecular flexibility index (Phi) is 4.52. The Labute approximate surface area is 113 Å². The first kappa shape index (κ1) is 14.0. The van der Waals surface area contributed by atoms with Gasteiger partial charge < -0.3 is 10.0 Å². The van der Waals surface area contributed by atoms with Crippen molar-refractivity contribution in [3.8, 4) is 0 Å². The minimum atomic E-state index is -0.106. The molecule has 1 aliphatic rings. The largest absolute Gasteiger partial charge is 0.396 e. The van der Waals surface area contributed by atoms with Crippen LogP contribution in [0, 0.1) is 5.92 Å². The van der Waals surface area contributed by atoms with E-state index in [0.717, 1.165) is 31.6 Å². The molecule has 1 aromatic heterocycles. The molecule has 1 amide bonds. The molecule has 0 aliphatic carbocycles. The lowest BCUT2D eigenvalue weighted by Gasteiger charge is -2.31. The summed E-state index contributed by atoms with van der Waals surface area (Å²) < 4.78 is 0. The Morgan fingerprint density at radius 2 is 2.37 bits per heavy atom. The number of hydrogen-bond acceptors (Lipinski definition) is 4. The highest BCUT2D eigenvalue weighted by Gasteiger charge is 2.26. The number of rotatable bonds is 4. The van der Waals surface area contributed by atoms with Crippen LogP contribution < -0.4 is 0 Å². The SMILES string of the molecule is CC(C)c1nc(C(=O)N2CCCC(CCO)C2)n[nH]1. The van der Waals surface area contributed by atoms with Crippen molar-refractivity contribution in [1.82, 2.24) is 20.1 Å². The second-order valence-corrected chi connectivity index (χ2v) is 5.47. The smallest absolute Gasteiger partial charge is 0.293 e. The van der Waals surface area contributed by atoms with E-state index >= 15 is 0 Å². The van der Waals surface area contributed by atoms with E-state index in [1.807, 2.05) is 13.8 Å². The second kappa shape index (κ2) is 6.14. The number of nitrogens with one attached hydrogen (secondary N) is 1. The van der Waals surface area contributed by atoms with Gasteiger partial charge in [0.2, 0.25) is 5.82 Å². The molecule has 1 aliphatic heterocycles. The Morgan fingerprint density at radius 3 is 3.00 bits per heavy atom. The van der Waals surface area contributed by atoms with Crippen molar-refractivity contribution in [1.29, 1.82) is 0 Å². The van der Waals surface area contributed by atoms with Gasteiger partial charge in [0, 0.05) is 25.6 Å². The zero-order valence-corrected chi connectivity index (χ0v) is 11.6. The van der Waals surface area contributed by atoms with Gasteiger partial charge in [-0.3, -0.25) is 9.89 Å². The zero-order valence-electron chi connectivity index (χ0n) is 11.6. The van der Waals surface area contributed by atoms with Gasteiger partial charge >= 0.3 is 0 Å². The number of aliphatic hydroxyl groups excluding tert-OH is 1. The van der Waals surface area contributed by atoms with Crippen LogP contribution in [0.4, 0.5) is 0 Å². The number of amides is 1. The summed E-state index contributed by atoms with van der Waals surface area (Å²) in [5, 5.41) is 15.8. The van der Waals surface area contributed by atoms with E-state index < -0.39 is 0 Å². The fraction of sp³-hybridized carbons (Fsp3) is 0.769. The first-order valence-electron chi connectivity index (χ1n) is 6.94. The van der Waals surface area contributed by atoms with Crippen LogP contribution >= 0.6 is 0 Å². The van der Waals surface area contributed by atoms with Crippen molar-refractivity contribution in [2.75, 3.05) is 19.7 Å². The third kappa shape index (κ3) is 3.32. The molecule has 1 fully saturated rings. The molecule has 0 saturated carbocycles. The van der Waals surface area contributed by atoms with Crippen molar-refractivity contribution in [2.45, 2.75) is 39.0 Å². The molecule has 0 radical (unpaired) electrons. The monoisotopic (exact) mass is 266 g/mol. The third-order valence-electron chi connectivity index (χ3n) is 3.58. The van der Waals surface area contributed by atoms with Crippen LogP contribution in [0.3, 0.4) is 0 Å². The molecule has 1 unspecified atom stereocenters. The Hall–Kier alpha value is -1.43. The molecule has 6 nitrogen and oxygen atoms in total. The van der Waals surface area contributed by atoms with E-state index in [-0.39, 0.29) is 24.3 Å². The van der Waals surface area contributed by atoms with Crippen LogP contribution in [-0.4, -0.2) is 50.8 Å². The maximum atomic E-state index is 12.3. The van der Waals surface area contributed by atoms with Gasteiger partial charge in [0.15, 0.2) is 0 Å². The summed E-state index contributed by atoms with van der Waals surface area (Å²) in [5.41, 5.74) is 0. The van der Waals surface area contributed by atoms with Crippen LogP contribution in [0.15, 0.2) is 0 Å². The van der Waals surface area contributed by atoms with Crippen molar-refractivity contribution < 1.29 is 9.90 Å². The average Bonchev–Trinajstić information content (AvgIpc) is 2.88. The fourth-order valence-electron chi connectivity index (χ4n) is 2.44. The number of carbonyl (C=O) groups is 1. The van der Waals surface area contributed by atoms with Gasteiger partial charge in [-0.15, -0.1) is 5.10 Å². The normalized spacial score (nSPS) is 20.0. The highest BCUT2D eigenvalue weighted by atomic mass is 16.3. The number of piperidine rings is 1. The van der Waals surface area contributed by atoms with Gasteiger partial charge in [-0.1, -0.05) is 13.8 Å². The summed E-state index contributed by atoms with van der Waals surface area (Å²) in [6.07, 6.45) is 2.82. The van der Waals surface area contributed by atoms with Crippen LogP contribution in [-0.2, 0) is 0 Å². The topological polar surface area (TPSA) is 82.1 Å². The number of aromatic nitrogens is 3. The van der Waals surface area contributed by atoms with E-state index in [4.69, 9.17) is 5.11 Å². The van der Waals surface area contributed by atoms with E-state index in [0.29, 0.717) is 12.5 Å². The second-order valence-electron chi connectivity index (χ2n) is 5.47. The van der Waals surface area contributed by atoms with Crippen LogP contribution in [0.1, 0.15) is 55.5 Å². The van der Waals surface area contributed by atoms with Gasteiger partial charge in [0.05, 0.1) is 0 Å². The van der Waals surface area contributed by atoms with E-state index in [1.54, 1.807) is 4.90 Å². The van der Waals surface area contributed by atoms with Crippen molar-refractivity contribution >= 4 is 5.91 Å². The highest BCUT2D eigenvalue weighted by molar-refractivity contribution is 5.90. The standard InChI is InChI=1S/C13H22N4O2/c1-9(2)11-14-12(16-15-11)13(19)17-6-3-4-10(8-17)5-7-18/h9-10,18H,3-8H2,1-2H3,(H,14,15,16). The number of aromatic amines is 1. The highest BCUT2D eigenvalue weighted by Crippen LogP contribution is 2.20. The van der Waals surface area contributed by atoms with Crippen LogP contribution in [0.25, 0.3) is 0 Å². The lowest BCUT2D eigenvalue weighted by molar-refractivity contribution is 0.0642. The Bertz CT molecular complexity index is 428. The molecule has 2 rings (SSSR count). The van der Waals surface area contributed by atoms with Gasteiger partial charge in [-0.25, -0.2) is 4.98 Å². The molecule has 0 bridgehead atoms. The molecular formula is C13H22N4O2. The van der Waals surface area contributed by atoms with E-state index in [9.17, 15) is 4.79 Å². The van der Waals surface area contributed by atoms with Crippen LogP contribution in [0.2, 0.25) is 0 Å². The van der Waals surface area contributed by atoms with Crippen LogP contribution in [0.5, 0.6) is 0 Å². The van der Waals surface area contributed by atoms with E-state index in [2.05, 4.69) is 15.2 Å². The van der Waals surface area contributed by atoms with Gasteiger partial charge in [-0.05, 0) is 25.2 Å². The predicted octanol–water partition coefficient (Wildman–Crippen LogP) is 1.16. The molecule has 19 heavy (non-hydrogen) atoms. The first-order valence-corrected chi connectivity index (χ1v) is 6.94. The quantitative estimate of drug-likeness (QED) is 0.857. The van der Waals surface area contributed by atoms with Crippen molar-refractivity contribution in [3.63, 3.8) is 0 Å². The number of carbonyl (C=O) groups excluding carboxylic acids is 1. The number of hydrogen-bond donors (Lipinski definition) is 2. The minimum absolute atomic E-state index is 0.106. The molecule has 106 valence electrons. The average molecular weight is 266 g/mol. The summed E-state index contributed by atoms with van der Waals surface area (Å²) >= 11 is 0. The molecule has 1 aromatic rings. The summed E-state index contributed by atoms with van der Waals surface area (Å²) in [6, 6.07) is 0. The number of H-pyrrole nitrogens is 1. The summed E-state index contributed by atoms with van der Waals surface area (Å²) in [7, 11) is 0. The van der Waals surface area contributed by atoms with Gasteiger partial charge in [0.25, 0.3) is 5.91 Å². The molecule has 1 atom stereocenters. The summed E-state index contributed by atoms with van der Waals surface area (Å²) in [5.74, 6) is 1.52. The molecule has 0 spiro atoms. The molecular weight excluding hydrogens is 244 g/mol. The molecule has 6 heteroatoms. The van der Waals surface area contributed by atoms with Crippen molar-refractivity contribution in [3.05, 3.63) is 11.6 Å². The third-order valence-corrected chi connectivity index (χ3v) is 3.58. The summed E-state index contributed by atoms with van der Waals surface area (Å²) in [4.78, 5) is 18.4. The summed E-state index contributed by atoms with van der Waals surface area (Å²) in [6.45, 7) is 5.65. The number of nitrogens with zero attached hydrogens (tertiary/aromatic N) is 3. The maximum absolute atomic E-state index is 12.3. The minimum Gasteiger partial charge on any atom is -0.396 e. The lowest BCUT2D eigenvalue weighted by atomic mass is 9.95. The number of likely N-dealkylation sites (tertiary alicyclic amines) is 1. The molecule has 2 heterocycles. The molecule has 2 N–H and O–H groups in total. The molecule has 0 aromatic carbocycles. The first-order chi connectivity index (χ1) is 9.11. The maximum Gasteiger partial charge on any atom is 0.293 e. The number of aliphatic hydroxyl groups is 1. The molecule has 1 saturated heterocycles. The predicted molar refractivity (Wildman–Crippen MR) is 70.8 cm³/mol. The fourth-order valence-corrected chi connectivity index (χ4v) is 2.44. The lowest BCUT2D eigenvalue weighted by Crippen LogP contribution is -2.40. The van der Waals surface area contributed by atoms with E-state index in [1.165, 1.54) is 0 Å². The van der Waals surface area contributed by atoms with Gasteiger partial charge in [-0.2, -0.15) is 0 Å². The Balaban J connectivity index is 2.01. The Morgan fingerprint density at radius 1 is 1.58 bits per heavy atom.